The van der Waals surface area contributed by atoms with Gasteiger partial charge < -0.3 is 19.3 Å². The summed E-state index contributed by atoms with van der Waals surface area (Å²) in [7, 11) is 1.79. The first-order chi connectivity index (χ1) is 17.3. The zero-order valence-electron chi connectivity index (χ0n) is 21.8. The summed E-state index contributed by atoms with van der Waals surface area (Å²) < 4.78 is 18.7. The molecule has 1 spiro atoms. The number of esters is 2. The summed E-state index contributed by atoms with van der Waals surface area (Å²) >= 11 is 0. The van der Waals surface area contributed by atoms with Gasteiger partial charge >= 0.3 is 11.9 Å². The maximum atomic E-state index is 13.5. The maximum Gasteiger partial charge on any atom is 0.338 e. The molecule has 3 unspecified atom stereocenters. The number of aliphatic hydroxyl groups is 1. The van der Waals surface area contributed by atoms with Crippen LogP contribution in [0.3, 0.4) is 0 Å². The lowest BCUT2D eigenvalue weighted by molar-refractivity contribution is -0.269. The van der Waals surface area contributed by atoms with E-state index in [0.29, 0.717) is 18.4 Å². The first-order valence-electron chi connectivity index (χ1n) is 13.8. The van der Waals surface area contributed by atoms with Crippen molar-refractivity contribution in [1.82, 2.24) is 4.90 Å². The van der Waals surface area contributed by atoms with Crippen molar-refractivity contribution in [3.05, 3.63) is 35.9 Å². The Morgan fingerprint density at radius 3 is 2.68 bits per heavy atom. The number of rotatable bonds is 4. The van der Waals surface area contributed by atoms with E-state index in [-0.39, 0.29) is 71.2 Å². The molecule has 3 saturated heterocycles. The second-order valence-corrected chi connectivity index (χ2v) is 12.6. The molecule has 1 N–H and O–H groups in total. The second-order valence-electron chi connectivity index (χ2n) is 12.6. The number of methoxy groups -OCH3 is 1. The van der Waals surface area contributed by atoms with E-state index in [2.05, 4.69) is 18.7 Å². The van der Waals surface area contributed by atoms with Crippen molar-refractivity contribution in [1.29, 1.82) is 0 Å². The third-order valence-corrected chi connectivity index (χ3v) is 11.3. The average Bonchev–Trinajstić information content (AvgIpc) is 2.92. The zero-order valence-corrected chi connectivity index (χ0v) is 22.6. The van der Waals surface area contributed by atoms with Gasteiger partial charge in [-0.1, -0.05) is 32.0 Å². The Bertz CT molecular complexity index is 1100. The Morgan fingerprint density at radius 2 is 1.97 bits per heavy atom. The van der Waals surface area contributed by atoms with Gasteiger partial charge in [0.2, 0.25) is 0 Å². The molecule has 3 heterocycles. The van der Waals surface area contributed by atoms with Crippen molar-refractivity contribution in [2.75, 3.05) is 20.2 Å². The molecule has 7 aliphatic rings. The molecule has 3 aliphatic heterocycles. The van der Waals surface area contributed by atoms with Crippen molar-refractivity contribution in [2.45, 2.75) is 75.9 Å². The summed E-state index contributed by atoms with van der Waals surface area (Å²) in [5.74, 6) is -1.62. The van der Waals surface area contributed by atoms with Gasteiger partial charge in [-0.3, -0.25) is 9.69 Å². The molecular weight excluding hydrogens is 494 g/mol. The number of piperidine rings is 1. The van der Waals surface area contributed by atoms with Crippen molar-refractivity contribution >= 4 is 24.3 Å². The van der Waals surface area contributed by atoms with Gasteiger partial charge in [0.1, 0.15) is 12.2 Å². The first-order valence-corrected chi connectivity index (χ1v) is 13.8. The van der Waals surface area contributed by atoms with Gasteiger partial charge in [0.15, 0.2) is 0 Å². The molecule has 7 fully saturated rings. The number of halogens is 1. The van der Waals surface area contributed by atoms with Gasteiger partial charge in [-0.2, -0.15) is 0 Å². The van der Waals surface area contributed by atoms with E-state index in [1.165, 1.54) is 0 Å². The molecule has 0 amide bonds. The van der Waals surface area contributed by atoms with E-state index >= 15 is 0 Å². The minimum absolute atomic E-state index is 0. The molecule has 8 rings (SSSR count). The fourth-order valence-electron chi connectivity index (χ4n) is 10.5. The average molecular weight is 532 g/mol. The van der Waals surface area contributed by atoms with Gasteiger partial charge in [0.25, 0.3) is 0 Å². The lowest BCUT2D eigenvalue weighted by atomic mass is 9.42. The van der Waals surface area contributed by atoms with Crippen LogP contribution in [0.2, 0.25) is 0 Å². The fraction of sp³-hybridized carbons (Fsp3) is 0.724. The fourth-order valence-corrected chi connectivity index (χ4v) is 10.5. The number of carbonyl (C=O) groups excluding carboxylic acids is 2. The van der Waals surface area contributed by atoms with Gasteiger partial charge in [-0.25, -0.2) is 4.79 Å². The molecule has 4 aliphatic carbocycles. The maximum absolute atomic E-state index is 13.5. The van der Waals surface area contributed by atoms with Gasteiger partial charge in [0.05, 0.1) is 23.2 Å². The van der Waals surface area contributed by atoms with Crippen LogP contribution >= 0.6 is 12.4 Å². The Morgan fingerprint density at radius 1 is 1.22 bits per heavy atom. The largest absolute Gasteiger partial charge is 0.462 e. The molecule has 202 valence electrons. The molecule has 1 aromatic rings. The third-order valence-electron chi connectivity index (χ3n) is 11.3. The molecule has 8 heteroatoms. The van der Waals surface area contributed by atoms with Crippen molar-refractivity contribution in [3.63, 3.8) is 0 Å². The zero-order chi connectivity index (χ0) is 25.0. The van der Waals surface area contributed by atoms with Crippen LogP contribution in [0.15, 0.2) is 30.3 Å². The predicted octanol–water partition coefficient (Wildman–Crippen LogP) is 3.47. The number of hydrogen-bond acceptors (Lipinski definition) is 7. The summed E-state index contributed by atoms with van der Waals surface area (Å²) in [5, 5.41) is 12.6. The minimum Gasteiger partial charge on any atom is -0.462 e. The number of ether oxygens (including phenoxy) is 3. The van der Waals surface area contributed by atoms with Crippen molar-refractivity contribution in [3.8, 4) is 0 Å². The molecule has 4 saturated carbocycles. The number of hydrogen-bond donors (Lipinski definition) is 1. The normalized spacial score (nSPS) is 49.0. The summed E-state index contributed by atoms with van der Waals surface area (Å²) in [6.45, 7) is 6.29. The monoisotopic (exact) mass is 531 g/mol. The van der Waals surface area contributed by atoms with E-state index < -0.39 is 17.6 Å². The summed E-state index contributed by atoms with van der Waals surface area (Å²) in [6.07, 6.45) is 3.10. The van der Waals surface area contributed by atoms with Crippen LogP contribution < -0.4 is 0 Å². The highest BCUT2D eigenvalue weighted by Crippen LogP contribution is 2.77. The number of carbonyl (C=O) groups is 2. The number of likely N-dealkylation sites (tertiary alicyclic amines) is 1. The van der Waals surface area contributed by atoms with Crippen LogP contribution in [-0.4, -0.2) is 72.1 Å². The summed E-state index contributed by atoms with van der Waals surface area (Å²) in [6, 6.07) is 9.13. The quantitative estimate of drug-likeness (QED) is 0.595. The van der Waals surface area contributed by atoms with E-state index in [0.717, 1.165) is 32.4 Å². The van der Waals surface area contributed by atoms with Crippen LogP contribution in [0.4, 0.5) is 0 Å². The Labute approximate surface area is 224 Å². The van der Waals surface area contributed by atoms with Gasteiger partial charge in [-0.15, -0.1) is 12.4 Å². The topological polar surface area (TPSA) is 85.3 Å². The van der Waals surface area contributed by atoms with Crippen LogP contribution in [0.25, 0.3) is 0 Å². The van der Waals surface area contributed by atoms with Crippen LogP contribution in [-0.2, 0) is 19.0 Å². The van der Waals surface area contributed by atoms with E-state index in [1.54, 1.807) is 19.2 Å². The molecule has 11 atom stereocenters. The molecule has 7 nitrogen and oxygen atoms in total. The Hall–Kier alpha value is -1.67. The summed E-state index contributed by atoms with van der Waals surface area (Å²) in [4.78, 5) is 29.6. The van der Waals surface area contributed by atoms with Crippen LogP contribution in [0.5, 0.6) is 0 Å². The third kappa shape index (κ3) is 3.00. The van der Waals surface area contributed by atoms with Crippen molar-refractivity contribution in [2.24, 2.45) is 34.5 Å². The SMILES string of the molecule is CCN1C[C@]2(C)CC[C@H](OC)[C@@]34C5C[C@@H]6CC[C@@](O)(C5C(=O)O6)[C@@H]([C@@H](OC(=O)c5ccccc5)C23)[C@@H]14.Cl. The molecule has 0 aromatic heterocycles. The predicted molar refractivity (Wildman–Crippen MR) is 137 cm³/mol. The Kier molecular flexibility index (Phi) is 5.82. The molecule has 37 heavy (non-hydrogen) atoms. The first kappa shape index (κ1) is 25.6. The number of nitrogens with zero attached hydrogens (tertiary/aromatic N) is 1. The molecule has 1 aromatic carbocycles. The van der Waals surface area contributed by atoms with E-state index in [4.69, 9.17) is 14.2 Å². The number of benzene rings is 1. The lowest BCUT2D eigenvalue weighted by Gasteiger charge is -2.69. The molecule has 0 radical (unpaired) electrons. The standard InChI is InChI=1S/C29H37NO6.ClH/c1-4-30-15-27(2)12-11-19(34-3)29-18-14-17-10-13-28(33,20(18)26(32)35-17)21(24(29)30)22(23(27)29)36-25(31)16-8-6-5-7-9-16;/h5-9,17-24,33H,4,10-15H2,1-3H3;1H/t17-,18?,19-,20?,21-,22+,23?,24+,27-,28+,29-;/m0./s1. The second kappa shape index (κ2) is 8.41. The van der Waals surface area contributed by atoms with Crippen molar-refractivity contribution < 1.29 is 28.9 Å². The minimum atomic E-state index is -1.27. The van der Waals surface area contributed by atoms with E-state index in [9.17, 15) is 14.7 Å². The van der Waals surface area contributed by atoms with E-state index in [1.807, 2.05) is 18.2 Å². The van der Waals surface area contributed by atoms with Crippen LogP contribution in [0.1, 0.15) is 56.3 Å². The lowest BCUT2D eigenvalue weighted by Crippen LogP contribution is -2.76. The van der Waals surface area contributed by atoms with Gasteiger partial charge in [-0.05, 0) is 62.1 Å². The molecule has 9 bridgehead atoms. The van der Waals surface area contributed by atoms with Crippen LogP contribution in [0, 0.1) is 34.5 Å². The highest BCUT2D eigenvalue weighted by Gasteiger charge is 2.85. The highest BCUT2D eigenvalue weighted by atomic mass is 35.5. The summed E-state index contributed by atoms with van der Waals surface area (Å²) in [5.41, 5.74) is -1.23. The number of fused-ring (bicyclic) bond motifs is 2. The smallest absolute Gasteiger partial charge is 0.338 e. The van der Waals surface area contributed by atoms with Gasteiger partial charge in [0, 0.05) is 36.9 Å². The Balaban J connectivity index is 0.00000252. The molecular formula is C29H38ClNO6. The highest BCUT2D eigenvalue weighted by molar-refractivity contribution is 5.89.